The maximum Gasteiger partial charge on any atom is 0.255 e. The highest BCUT2D eigenvalue weighted by molar-refractivity contribution is 6.03. The van der Waals surface area contributed by atoms with Crippen LogP contribution in [-0.2, 0) is 11.3 Å². The Labute approximate surface area is 164 Å². The molecule has 2 aromatic rings. The monoisotopic (exact) mass is 381 g/mol. The van der Waals surface area contributed by atoms with Crippen molar-refractivity contribution in [3.8, 4) is 0 Å². The van der Waals surface area contributed by atoms with Crippen molar-refractivity contribution in [1.82, 2.24) is 20.3 Å². The van der Waals surface area contributed by atoms with Gasteiger partial charge >= 0.3 is 0 Å². The van der Waals surface area contributed by atoms with Gasteiger partial charge in [0.05, 0.1) is 24.1 Å². The molecule has 3 fully saturated rings. The Balaban J connectivity index is 1.38. The number of hydrogen-bond acceptors (Lipinski definition) is 5. The average molecular weight is 381 g/mol. The summed E-state index contributed by atoms with van der Waals surface area (Å²) >= 11 is 0. The fourth-order valence-electron chi connectivity index (χ4n) is 4.56. The van der Waals surface area contributed by atoms with Gasteiger partial charge in [0.15, 0.2) is 0 Å². The predicted octanol–water partition coefficient (Wildman–Crippen LogP) is 3.43. The molecule has 28 heavy (non-hydrogen) atoms. The number of nitrogens with one attached hydrogen (secondary N) is 1. The lowest BCUT2D eigenvalue weighted by molar-refractivity contribution is -0.118. The minimum Gasteiger partial charge on any atom is -0.361 e. The summed E-state index contributed by atoms with van der Waals surface area (Å²) < 4.78 is 7.11. The van der Waals surface area contributed by atoms with Gasteiger partial charge < -0.3 is 9.84 Å². The van der Waals surface area contributed by atoms with Crippen LogP contribution in [0.4, 0.5) is 5.69 Å². The molecule has 2 aliphatic carbocycles. The van der Waals surface area contributed by atoms with Crippen molar-refractivity contribution >= 4 is 11.6 Å². The fourth-order valence-corrected chi connectivity index (χ4v) is 4.56. The molecule has 2 aromatic heterocycles. The summed E-state index contributed by atoms with van der Waals surface area (Å²) in [5.74, 6) is 2.66. The summed E-state index contributed by atoms with van der Waals surface area (Å²) in [4.78, 5) is 15.1. The third-order valence-electron chi connectivity index (χ3n) is 6.31. The normalized spacial score (nSPS) is 22.4. The zero-order valence-corrected chi connectivity index (χ0v) is 16.6. The summed E-state index contributed by atoms with van der Waals surface area (Å²) in [6.07, 6.45) is 12.0. The fraction of sp³-hybridized carbons (Fsp3) is 0.571. The van der Waals surface area contributed by atoms with Gasteiger partial charge in [-0.2, -0.15) is 5.10 Å². The molecule has 5 rings (SSSR count). The maximum absolute atomic E-state index is 13.2. The number of carbonyl (C=O) groups excluding carboxylic acids is 1. The lowest BCUT2D eigenvalue weighted by Gasteiger charge is -2.15. The standard InChI is InChI=1S/C21H27N5O2/c1-13-18(14(2)28-24-13)12-25-11-17(10-22-25)26-20(16-7-8-16)23-19(21(26)27)9-15-5-3-4-6-15/h10-11,15,19,23H,3-9,12H2,1-2H3. The van der Waals surface area contributed by atoms with Crippen molar-refractivity contribution in [1.29, 1.82) is 0 Å². The van der Waals surface area contributed by atoms with Crippen molar-refractivity contribution in [3.05, 3.63) is 40.8 Å². The maximum atomic E-state index is 13.2. The highest BCUT2D eigenvalue weighted by Gasteiger charge is 2.41. The summed E-state index contributed by atoms with van der Waals surface area (Å²) in [5, 5.41) is 12.1. The molecular formula is C21H27N5O2. The topological polar surface area (TPSA) is 76.2 Å². The molecule has 1 aliphatic heterocycles. The summed E-state index contributed by atoms with van der Waals surface area (Å²) in [5.41, 5.74) is 4.11. The first kappa shape index (κ1) is 17.5. The van der Waals surface area contributed by atoms with E-state index in [2.05, 4.69) is 15.6 Å². The van der Waals surface area contributed by atoms with Crippen molar-refractivity contribution in [2.24, 2.45) is 5.92 Å². The van der Waals surface area contributed by atoms with E-state index in [4.69, 9.17) is 4.52 Å². The van der Waals surface area contributed by atoms with E-state index in [-0.39, 0.29) is 11.9 Å². The number of nitrogens with zero attached hydrogens (tertiary/aromatic N) is 4. The van der Waals surface area contributed by atoms with Crippen molar-refractivity contribution in [3.63, 3.8) is 0 Å². The third kappa shape index (κ3) is 3.12. The lowest BCUT2D eigenvalue weighted by atomic mass is 9.98. The predicted molar refractivity (Wildman–Crippen MR) is 105 cm³/mol. The van der Waals surface area contributed by atoms with E-state index in [9.17, 15) is 4.79 Å². The van der Waals surface area contributed by atoms with Gasteiger partial charge in [0.25, 0.3) is 5.91 Å². The van der Waals surface area contributed by atoms with Gasteiger partial charge in [-0.15, -0.1) is 0 Å². The van der Waals surface area contributed by atoms with E-state index in [0.29, 0.717) is 12.5 Å². The SMILES string of the molecule is Cc1noc(C)c1Cn1cc(N2C(=O)C(CC3CCCC3)NC2=C2CC2)cn1. The number of aromatic nitrogens is 3. The molecule has 3 aliphatic rings. The first-order chi connectivity index (χ1) is 13.6. The average Bonchev–Trinajstić information content (AvgIpc) is 2.99. The first-order valence-electron chi connectivity index (χ1n) is 10.4. The summed E-state index contributed by atoms with van der Waals surface area (Å²) in [7, 11) is 0. The van der Waals surface area contributed by atoms with Gasteiger partial charge in [0.1, 0.15) is 17.6 Å². The number of anilines is 1. The third-order valence-corrected chi connectivity index (χ3v) is 6.31. The molecular weight excluding hydrogens is 354 g/mol. The number of hydrogen-bond donors (Lipinski definition) is 1. The van der Waals surface area contributed by atoms with Crippen LogP contribution in [0.25, 0.3) is 0 Å². The Morgan fingerprint density at radius 1 is 1.25 bits per heavy atom. The van der Waals surface area contributed by atoms with Gasteiger partial charge in [-0.05, 0) is 44.6 Å². The van der Waals surface area contributed by atoms with Gasteiger partial charge in [-0.3, -0.25) is 14.4 Å². The second kappa shape index (κ2) is 6.79. The molecule has 0 bridgehead atoms. The molecule has 1 atom stereocenters. The molecule has 3 heterocycles. The highest BCUT2D eigenvalue weighted by Crippen LogP contribution is 2.38. The second-order valence-electron chi connectivity index (χ2n) is 8.41. The smallest absolute Gasteiger partial charge is 0.255 e. The zero-order chi connectivity index (χ0) is 19.3. The van der Waals surface area contributed by atoms with Crippen LogP contribution in [0.3, 0.4) is 0 Å². The summed E-state index contributed by atoms with van der Waals surface area (Å²) in [6, 6.07) is -0.0999. The van der Waals surface area contributed by atoms with E-state index in [0.717, 1.165) is 47.8 Å². The van der Waals surface area contributed by atoms with Crippen LogP contribution in [0.15, 0.2) is 28.3 Å². The number of carbonyl (C=O) groups is 1. The van der Waals surface area contributed by atoms with Crippen LogP contribution in [0.2, 0.25) is 0 Å². The van der Waals surface area contributed by atoms with E-state index < -0.39 is 0 Å². The van der Waals surface area contributed by atoms with Crippen LogP contribution in [0, 0.1) is 19.8 Å². The zero-order valence-electron chi connectivity index (χ0n) is 16.6. The Hall–Kier alpha value is -2.57. The van der Waals surface area contributed by atoms with Gasteiger partial charge in [0.2, 0.25) is 0 Å². The minimum absolute atomic E-state index is 0.0999. The van der Waals surface area contributed by atoms with Crippen LogP contribution >= 0.6 is 0 Å². The number of rotatable bonds is 5. The Kier molecular flexibility index (Phi) is 4.25. The van der Waals surface area contributed by atoms with E-state index in [1.54, 1.807) is 6.20 Å². The van der Waals surface area contributed by atoms with Gasteiger partial charge in [0, 0.05) is 11.8 Å². The van der Waals surface area contributed by atoms with Crippen molar-refractivity contribution < 1.29 is 9.32 Å². The van der Waals surface area contributed by atoms with Crippen molar-refractivity contribution in [2.75, 3.05) is 4.90 Å². The van der Waals surface area contributed by atoms with E-state index >= 15 is 0 Å². The quantitative estimate of drug-likeness (QED) is 0.859. The lowest BCUT2D eigenvalue weighted by Crippen LogP contribution is -2.31. The number of amides is 1. The number of aryl methyl sites for hydroxylation is 2. The molecule has 0 spiro atoms. The molecule has 2 saturated carbocycles. The second-order valence-corrected chi connectivity index (χ2v) is 8.41. The highest BCUT2D eigenvalue weighted by atomic mass is 16.5. The molecule has 1 saturated heterocycles. The first-order valence-corrected chi connectivity index (χ1v) is 10.4. The Morgan fingerprint density at radius 3 is 2.71 bits per heavy atom. The van der Waals surface area contributed by atoms with E-state index in [1.165, 1.54) is 31.3 Å². The summed E-state index contributed by atoms with van der Waals surface area (Å²) in [6.45, 7) is 4.44. The minimum atomic E-state index is -0.0999. The van der Waals surface area contributed by atoms with Crippen LogP contribution in [0.5, 0.6) is 0 Å². The molecule has 7 nitrogen and oxygen atoms in total. The molecule has 1 amide bonds. The molecule has 1 unspecified atom stereocenters. The molecule has 0 radical (unpaired) electrons. The van der Waals surface area contributed by atoms with Crippen LogP contribution in [-0.4, -0.2) is 26.9 Å². The Bertz CT molecular complexity index is 909. The van der Waals surface area contributed by atoms with Gasteiger partial charge in [-0.25, -0.2) is 0 Å². The Morgan fingerprint density at radius 2 is 2.04 bits per heavy atom. The largest absolute Gasteiger partial charge is 0.361 e. The van der Waals surface area contributed by atoms with Crippen molar-refractivity contribution in [2.45, 2.75) is 71.4 Å². The molecule has 0 aromatic carbocycles. The molecule has 148 valence electrons. The number of allylic oxidation sites excluding steroid dienone is 1. The molecule has 1 N–H and O–H groups in total. The van der Waals surface area contributed by atoms with Crippen LogP contribution < -0.4 is 10.2 Å². The van der Waals surface area contributed by atoms with Gasteiger partial charge in [-0.1, -0.05) is 30.8 Å². The van der Waals surface area contributed by atoms with E-state index in [1.807, 2.05) is 29.6 Å². The van der Waals surface area contributed by atoms with Crippen LogP contribution in [0.1, 0.15) is 62.0 Å². The molecule has 7 heteroatoms.